The highest BCUT2D eigenvalue weighted by Crippen LogP contribution is 2.21. The van der Waals surface area contributed by atoms with Crippen molar-refractivity contribution in [3.8, 4) is 5.88 Å². The minimum atomic E-state index is -0.0481. The first kappa shape index (κ1) is 15.1. The molecule has 0 saturated carbocycles. The maximum absolute atomic E-state index is 10.7. The van der Waals surface area contributed by atoms with Crippen LogP contribution in [0.1, 0.15) is 20.8 Å². The van der Waals surface area contributed by atoms with E-state index >= 15 is 0 Å². The molecular weight excluding hydrogens is 244 g/mol. The van der Waals surface area contributed by atoms with Crippen molar-refractivity contribution in [3.63, 3.8) is 0 Å². The van der Waals surface area contributed by atoms with Gasteiger partial charge in [0.2, 0.25) is 11.8 Å². The average Bonchev–Trinajstić information content (AvgIpc) is 2.34. The summed E-state index contributed by atoms with van der Waals surface area (Å²) in [4.78, 5) is 15.0. The van der Waals surface area contributed by atoms with Crippen LogP contribution in [0.2, 0.25) is 0 Å². The van der Waals surface area contributed by atoms with Crippen molar-refractivity contribution in [2.45, 2.75) is 20.8 Å². The zero-order valence-electron chi connectivity index (χ0n) is 11.7. The minimum absolute atomic E-state index is 0.0481. The van der Waals surface area contributed by atoms with Crippen molar-refractivity contribution in [1.29, 1.82) is 0 Å². The van der Waals surface area contributed by atoms with E-state index in [4.69, 9.17) is 10.5 Å². The summed E-state index contributed by atoms with van der Waals surface area (Å²) in [6.45, 7) is 7.33. The number of carbonyl (C=O) groups excluding carboxylic acids is 1. The van der Waals surface area contributed by atoms with E-state index in [1.165, 1.54) is 6.92 Å². The summed E-state index contributed by atoms with van der Waals surface area (Å²) in [5.74, 6) is 1.49. The van der Waals surface area contributed by atoms with Crippen molar-refractivity contribution in [3.05, 3.63) is 12.1 Å². The lowest BCUT2D eigenvalue weighted by atomic mass is 10.2. The van der Waals surface area contributed by atoms with Crippen molar-refractivity contribution in [1.82, 2.24) is 10.3 Å². The molecule has 1 amide bonds. The first-order valence-electron chi connectivity index (χ1n) is 6.36. The smallest absolute Gasteiger partial charge is 0.239 e. The molecule has 1 aromatic heterocycles. The van der Waals surface area contributed by atoms with Gasteiger partial charge in [0.25, 0.3) is 0 Å². The molecule has 0 aliphatic rings. The molecule has 0 saturated heterocycles. The molecule has 4 N–H and O–H groups in total. The van der Waals surface area contributed by atoms with E-state index in [9.17, 15) is 4.79 Å². The number of pyridine rings is 1. The van der Waals surface area contributed by atoms with E-state index in [-0.39, 0.29) is 5.91 Å². The fourth-order valence-electron chi connectivity index (χ4n) is 1.34. The molecule has 1 rings (SSSR count). The maximum Gasteiger partial charge on any atom is 0.239 e. The molecule has 0 aliphatic heterocycles. The van der Waals surface area contributed by atoms with Crippen LogP contribution in [-0.2, 0) is 4.79 Å². The summed E-state index contributed by atoms with van der Waals surface area (Å²) in [5.41, 5.74) is 6.32. The second kappa shape index (κ2) is 7.45. The number of anilines is 2. The van der Waals surface area contributed by atoms with Gasteiger partial charge in [-0.15, -0.1) is 0 Å². The Labute approximate surface area is 113 Å². The number of rotatable bonds is 7. The summed E-state index contributed by atoms with van der Waals surface area (Å²) in [7, 11) is 0. The number of aromatic nitrogens is 1. The number of hydrogen-bond acceptors (Lipinski definition) is 5. The van der Waals surface area contributed by atoms with E-state index in [1.807, 2.05) is 0 Å². The Morgan fingerprint density at radius 3 is 2.79 bits per heavy atom. The topological polar surface area (TPSA) is 89.3 Å². The van der Waals surface area contributed by atoms with Crippen LogP contribution in [0.25, 0.3) is 0 Å². The van der Waals surface area contributed by atoms with E-state index in [2.05, 4.69) is 29.5 Å². The first-order valence-corrected chi connectivity index (χ1v) is 6.36. The number of hydrogen-bond donors (Lipinski definition) is 3. The highest BCUT2D eigenvalue weighted by atomic mass is 16.5. The Morgan fingerprint density at radius 2 is 2.16 bits per heavy atom. The van der Waals surface area contributed by atoms with Crippen LogP contribution in [0.3, 0.4) is 0 Å². The van der Waals surface area contributed by atoms with Gasteiger partial charge in [-0.2, -0.15) is 4.98 Å². The Morgan fingerprint density at radius 1 is 1.42 bits per heavy atom. The third-order valence-electron chi connectivity index (χ3n) is 2.25. The van der Waals surface area contributed by atoms with Gasteiger partial charge < -0.3 is 21.1 Å². The number of nitrogen functional groups attached to an aromatic ring is 1. The number of ether oxygens (including phenoxy) is 1. The largest absolute Gasteiger partial charge is 0.476 e. The van der Waals surface area contributed by atoms with Gasteiger partial charge in [-0.1, -0.05) is 13.8 Å². The van der Waals surface area contributed by atoms with Gasteiger partial charge in [-0.25, -0.2) is 0 Å². The number of amides is 1. The molecule has 0 atom stereocenters. The molecule has 0 fully saturated rings. The van der Waals surface area contributed by atoms with Gasteiger partial charge >= 0.3 is 0 Å². The van der Waals surface area contributed by atoms with Gasteiger partial charge in [0.1, 0.15) is 5.82 Å². The molecule has 0 radical (unpaired) electrons. The highest BCUT2D eigenvalue weighted by Gasteiger charge is 2.05. The summed E-state index contributed by atoms with van der Waals surface area (Å²) >= 11 is 0. The Bertz CT molecular complexity index is 421. The normalized spacial score (nSPS) is 10.3. The Kier molecular flexibility index (Phi) is 5.92. The summed E-state index contributed by atoms with van der Waals surface area (Å²) in [5, 5.41) is 5.79. The van der Waals surface area contributed by atoms with E-state index < -0.39 is 0 Å². The lowest BCUT2D eigenvalue weighted by Gasteiger charge is -2.12. The first-order chi connectivity index (χ1) is 8.99. The summed E-state index contributed by atoms with van der Waals surface area (Å²) in [6.07, 6.45) is 0. The molecular formula is C13H22N4O2. The maximum atomic E-state index is 10.7. The standard InChI is InChI=1S/C13H22N4O2/c1-9(2)8-19-13-11(14)4-5-12(17-13)16-7-6-15-10(3)18/h4-5,9H,6-8,14H2,1-3H3,(H,15,18)(H,16,17). The summed E-state index contributed by atoms with van der Waals surface area (Å²) < 4.78 is 5.54. The van der Waals surface area contributed by atoms with E-state index in [1.54, 1.807) is 12.1 Å². The molecule has 19 heavy (non-hydrogen) atoms. The van der Waals surface area contributed by atoms with Gasteiger partial charge in [0.15, 0.2) is 0 Å². The van der Waals surface area contributed by atoms with Crippen molar-refractivity contribution >= 4 is 17.4 Å². The quantitative estimate of drug-likeness (QED) is 0.646. The Hall–Kier alpha value is -1.98. The summed E-state index contributed by atoms with van der Waals surface area (Å²) in [6, 6.07) is 3.54. The second-order valence-electron chi connectivity index (χ2n) is 4.71. The molecule has 0 bridgehead atoms. The van der Waals surface area contributed by atoms with E-state index in [0.29, 0.717) is 43.0 Å². The van der Waals surface area contributed by atoms with Gasteiger partial charge in [-0.3, -0.25) is 4.79 Å². The van der Waals surface area contributed by atoms with Crippen LogP contribution in [0.15, 0.2) is 12.1 Å². The van der Waals surface area contributed by atoms with Gasteiger partial charge in [0.05, 0.1) is 12.3 Å². The SMILES string of the molecule is CC(=O)NCCNc1ccc(N)c(OCC(C)C)n1. The van der Waals surface area contributed by atoms with Crippen LogP contribution in [0.5, 0.6) is 5.88 Å². The number of nitrogens with zero attached hydrogens (tertiary/aromatic N) is 1. The van der Waals surface area contributed by atoms with Crippen LogP contribution in [-0.4, -0.2) is 30.6 Å². The molecule has 106 valence electrons. The van der Waals surface area contributed by atoms with Crippen LogP contribution in [0, 0.1) is 5.92 Å². The van der Waals surface area contributed by atoms with Crippen molar-refractivity contribution in [2.24, 2.45) is 5.92 Å². The molecule has 1 heterocycles. The molecule has 0 unspecified atom stereocenters. The van der Waals surface area contributed by atoms with Crippen molar-refractivity contribution in [2.75, 3.05) is 30.7 Å². The van der Waals surface area contributed by atoms with Crippen LogP contribution < -0.4 is 21.1 Å². The molecule has 1 aromatic rings. The molecule has 6 nitrogen and oxygen atoms in total. The molecule has 0 aromatic carbocycles. The number of nitrogens with two attached hydrogens (primary N) is 1. The number of carbonyl (C=O) groups is 1. The monoisotopic (exact) mass is 266 g/mol. The van der Waals surface area contributed by atoms with Crippen LogP contribution in [0.4, 0.5) is 11.5 Å². The Balaban J connectivity index is 2.50. The molecule has 0 spiro atoms. The zero-order chi connectivity index (χ0) is 14.3. The predicted octanol–water partition coefficient (Wildman–Crippen LogP) is 1.25. The van der Waals surface area contributed by atoms with Crippen LogP contribution >= 0.6 is 0 Å². The fourth-order valence-corrected chi connectivity index (χ4v) is 1.34. The lowest BCUT2D eigenvalue weighted by molar-refractivity contribution is -0.118. The molecule has 6 heteroatoms. The van der Waals surface area contributed by atoms with Gasteiger partial charge in [0, 0.05) is 20.0 Å². The second-order valence-corrected chi connectivity index (χ2v) is 4.71. The third kappa shape index (κ3) is 5.94. The average molecular weight is 266 g/mol. The minimum Gasteiger partial charge on any atom is -0.476 e. The highest BCUT2D eigenvalue weighted by molar-refractivity contribution is 5.72. The molecule has 0 aliphatic carbocycles. The fraction of sp³-hybridized carbons (Fsp3) is 0.538. The number of nitrogens with one attached hydrogen (secondary N) is 2. The zero-order valence-corrected chi connectivity index (χ0v) is 11.7. The van der Waals surface area contributed by atoms with E-state index in [0.717, 1.165) is 0 Å². The lowest BCUT2D eigenvalue weighted by Crippen LogP contribution is -2.26. The third-order valence-corrected chi connectivity index (χ3v) is 2.25. The van der Waals surface area contributed by atoms with Gasteiger partial charge in [-0.05, 0) is 18.1 Å². The predicted molar refractivity (Wildman–Crippen MR) is 76.2 cm³/mol. The van der Waals surface area contributed by atoms with Crippen molar-refractivity contribution < 1.29 is 9.53 Å².